The number of phenolic OH excluding ortho intramolecular Hbond substituents is 1. The maximum Gasteiger partial charge on any atom is 0.131 e. The van der Waals surface area contributed by atoms with Gasteiger partial charge < -0.3 is 9.84 Å². The minimum Gasteiger partial charge on any atom is -0.507 e. The first-order valence-corrected chi connectivity index (χ1v) is 12.8. The number of methoxy groups -OCH3 is 1. The minimum atomic E-state index is -0.317. The van der Waals surface area contributed by atoms with Crippen LogP contribution >= 0.6 is 0 Å². The van der Waals surface area contributed by atoms with Gasteiger partial charge in [0.25, 0.3) is 0 Å². The summed E-state index contributed by atoms with van der Waals surface area (Å²) < 4.78 is 45.0. The van der Waals surface area contributed by atoms with Crippen LogP contribution in [0.15, 0.2) is 103 Å². The fourth-order valence-corrected chi connectivity index (χ4v) is 4.05. The van der Waals surface area contributed by atoms with E-state index in [2.05, 4.69) is 0 Å². The summed E-state index contributed by atoms with van der Waals surface area (Å²) in [7, 11) is 1.59. The lowest BCUT2D eigenvalue weighted by molar-refractivity contribution is 0.416. The van der Waals surface area contributed by atoms with Crippen LogP contribution < -0.4 is 4.74 Å². The van der Waals surface area contributed by atoms with Gasteiger partial charge >= 0.3 is 0 Å². The van der Waals surface area contributed by atoms with E-state index in [1.54, 1.807) is 62.6 Å². The highest BCUT2D eigenvalue weighted by atomic mass is 19.1. The third kappa shape index (κ3) is 9.00. The van der Waals surface area contributed by atoms with Crippen molar-refractivity contribution in [3.05, 3.63) is 143 Å². The van der Waals surface area contributed by atoms with Gasteiger partial charge in [0.2, 0.25) is 0 Å². The molecule has 0 bridgehead atoms. The molecule has 5 heteroatoms. The minimum absolute atomic E-state index is 0. The molecule has 1 N–H and O–H groups in total. The van der Waals surface area contributed by atoms with E-state index in [0.29, 0.717) is 22.4 Å². The van der Waals surface area contributed by atoms with Gasteiger partial charge in [0.15, 0.2) is 0 Å². The van der Waals surface area contributed by atoms with Crippen LogP contribution in [0.1, 0.15) is 29.7 Å². The molecule has 5 aromatic carbocycles. The smallest absolute Gasteiger partial charge is 0.131 e. The van der Waals surface area contributed by atoms with E-state index in [1.807, 2.05) is 57.2 Å². The Labute approximate surface area is 241 Å². The molecule has 0 fully saturated rings. The van der Waals surface area contributed by atoms with E-state index < -0.39 is 0 Å². The van der Waals surface area contributed by atoms with Gasteiger partial charge in [-0.1, -0.05) is 84.8 Å². The number of benzene rings is 5. The molecular weight excluding hydrogens is 521 g/mol. The zero-order valence-electron chi connectivity index (χ0n) is 23.3. The first kappa shape index (κ1) is 32.7. The highest BCUT2D eigenvalue weighted by Crippen LogP contribution is 2.32. The summed E-state index contributed by atoms with van der Waals surface area (Å²) in [5, 5.41) is 9.61. The van der Waals surface area contributed by atoms with Crippen LogP contribution in [-0.2, 0) is 0 Å². The quantitative estimate of drug-likeness (QED) is 0.239. The predicted molar refractivity (Wildman–Crippen MR) is 164 cm³/mol. The zero-order valence-corrected chi connectivity index (χ0v) is 23.3. The van der Waals surface area contributed by atoms with Crippen LogP contribution in [0, 0.1) is 45.1 Å². The average Bonchev–Trinajstić information content (AvgIpc) is 2.95. The van der Waals surface area contributed by atoms with Gasteiger partial charge in [-0.25, -0.2) is 13.2 Å². The molecule has 214 valence electrons. The number of para-hydroxylation sites is 2. The molecule has 0 heterocycles. The molecular formula is C36H37F3O2. The second-order valence-corrected chi connectivity index (χ2v) is 9.44. The van der Waals surface area contributed by atoms with Gasteiger partial charge in [-0.3, -0.25) is 0 Å². The van der Waals surface area contributed by atoms with Gasteiger partial charge in [0.05, 0.1) is 7.11 Å². The molecule has 0 aromatic heterocycles. The molecule has 0 saturated carbocycles. The molecule has 0 amide bonds. The third-order valence-corrected chi connectivity index (χ3v) is 6.15. The second kappa shape index (κ2) is 15.3. The van der Waals surface area contributed by atoms with E-state index in [9.17, 15) is 18.3 Å². The first-order chi connectivity index (χ1) is 19.1. The molecule has 41 heavy (non-hydrogen) atoms. The molecule has 0 spiro atoms. The summed E-state index contributed by atoms with van der Waals surface area (Å²) in [5.41, 5.74) is 6.15. The molecule has 5 aromatic rings. The van der Waals surface area contributed by atoms with Gasteiger partial charge in [-0.15, -0.1) is 0 Å². The number of ether oxygens (including phenoxy) is 1. The Morgan fingerprint density at radius 1 is 0.512 bits per heavy atom. The maximum atomic E-state index is 13.7. The van der Waals surface area contributed by atoms with Crippen molar-refractivity contribution in [1.29, 1.82) is 0 Å². The number of aromatic hydroxyl groups is 1. The van der Waals surface area contributed by atoms with E-state index in [4.69, 9.17) is 4.74 Å². The van der Waals surface area contributed by atoms with E-state index in [1.165, 1.54) is 18.2 Å². The Balaban J connectivity index is 0.000000221. The second-order valence-electron chi connectivity index (χ2n) is 9.44. The molecule has 5 rings (SSSR count). The Hall–Kier alpha value is -4.51. The van der Waals surface area contributed by atoms with Gasteiger partial charge in [0, 0.05) is 22.3 Å². The van der Waals surface area contributed by atoms with E-state index >= 15 is 0 Å². The van der Waals surface area contributed by atoms with Gasteiger partial charge in [-0.05, 0) is 75.7 Å². The summed E-state index contributed by atoms with van der Waals surface area (Å²) in [6, 6.07) is 29.2. The van der Waals surface area contributed by atoms with Crippen molar-refractivity contribution < 1.29 is 23.0 Å². The SMILES string of the molecule is C.COc1ccccc1-c1cc(C)ccc1F.Cc1ccc(F)c(-c2ccccc2O)c1.Cc1ccc(F)c(C)c1. The van der Waals surface area contributed by atoms with Crippen molar-refractivity contribution in [3.8, 4) is 33.8 Å². The largest absolute Gasteiger partial charge is 0.507 e. The van der Waals surface area contributed by atoms with E-state index in [0.717, 1.165) is 27.8 Å². The van der Waals surface area contributed by atoms with Crippen molar-refractivity contribution in [2.24, 2.45) is 0 Å². The Kier molecular flexibility index (Phi) is 12.2. The van der Waals surface area contributed by atoms with Gasteiger partial charge in [-0.2, -0.15) is 0 Å². The van der Waals surface area contributed by atoms with Crippen molar-refractivity contribution in [3.63, 3.8) is 0 Å². The summed E-state index contributed by atoms with van der Waals surface area (Å²) in [5.74, 6) is 0.117. The van der Waals surface area contributed by atoms with Crippen molar-refractivity contribution in [1.82, 2.24) is 0 Å². The normalized spacial score (nSPS) is 9.85. The molecule has 0 radical (unpaired) electrons. The number of aryl methyl sites for hydroxylation is 4. The number of halogens is 3. The van der Waals surface area contributed by atoms with Crippen LogP contribution in [0.5, 0.6) is 11.5 Å². The molecule has 2 nitrogen and oxygen atoms in total. The Morgan fingerprint density at radius 3 is 1.44 bits per heavy atom. The Morgan fingerprint density at radius 2 is 0.951 bits per heavy atom. The highest BCUT2D eigenvalue weighted by Gasteiger charge is 2.10. The average molecular weight is 559 g/mol. The molecule has 0 unspecified atom stereocenters. The van der Waals surface area contributed by atoms with Crippen LogP contribution in [0.2, 0.25) is 0 Å². The van der Waals surface area contributed by atoms with Crippen LogP contribution in [0.25, 0.3) is 22.3 Å². The lowest BCUT2D eigenvalue weighted by Gasteiger charge is -2.09. The first-order valence-electron chi connectivity index (χ1n) is 12.8. The monoisotopic (exact) mass is 558 g/mol. The fraction of sp³-hybridized carbons (Fsp3) is 0.167. The van der Waals surface area contributed by atoms with Gasteiger partial charge in [0.1, 0.15) is 29.0 Å². The number of rotatable bonds is 3. The van der Waals surface area contributed by atoms with Crippen LogP contribution in [0.3, 0.4) is 0 Å². The predicted octanol–water partition coefficient (Wildman–Crippen LogP) is 10.4. The molecule has 0 saturated heterocycles. The number of hydrogen-bond acceptors (Lipinski definition) is 2. The highest BCUT2D eigenvalue weighted by molar-refractivity contribution is 5.72. The summed E-state index contributed by atoms with van der Waals surface area (Å²) in [6.45, 7) is 7.55. The van der Waals surface area contributed by atoms with Crippen LogP contribution in [0.4, 0.5) is 13.2 Å². The molecule has 0 aliphatic heterocycles. The van der Waals surface area contributed by atoms with Crippen LogP contribution in [-0.4, -0.2) is 12.2 Å². The fourth-order valence-electron chi connectivity index (χ4n) is 4.05. The number of hydrogen-bond donors (Lipinski definition) is 1. The summed E-state index contributed by atoms with van der Waals surface area (Å²) in [6.07, 6.45) is 0. The standard InChI is InChI=1S/C14H13FO.C13H11FO.C8H9F.CH4/c1-10-7-8-13(15)12(9-10)11-5-3-4-6-14(11)16-2;1-9-6-7-12(14)11(8-9)10-4-2-3-5-13(10)15;1-6-3-4-8(9)7(2)5-6;/h3-9H,1-2H3;2-8,15H,1H3;3-5H,1-2H3;1H4. The topological polar surface area (TPSA) is 29.5 Å². The summed E-state index contributed by atoms with van der Waals surface area (Å²) in [4.78, 5) is 0. The molecule has 0 atom stereocenters. The molecule has 0 aliphatic rings. The van der Waals surface area contributed by atoms with E-state index in [-0.39, 0.29) is 30.6 Å². The summed E-state index contributed by atoms with van der Waals surface area (Å²) >= 11 is 0. The van der Waals surface area contributed by atoms with Crippen molar-refractivity contribution in [2.75, 3.05) is 7.11 Å². The van der Waals surface area contributed by atoms with Crippen molar-refractivity contribution in [2.45, 2.75) is 35.1 Å². The molecule has 0 aliphatic carbocycles. The lowest BCUT2D eigenvalue weighted by Crippen LogP contribution is -1.90. The lowest BCUT2D eigenvalue weighted by atomic mass is 10.0. The Bertz CT molecular complexity index is 1580. The third-order valence-electron chi connectivity index (χ3n) is 6.15. The maximum absolute atomic E-state index is 13.7. The van der Waals surface area contributed by atoms with Crippen molar-refractivity contribution >= 4 is 0 Å². The number of phenols is 1. The zero-order chi connectivity index (χ0) is 29.2.